The van der Waals surface area contributed by atoms with Crippen LogP contribution in [0.25, 0.3) is 16.8 Å². The first-order valence-electron chi connectivity index (χ1n) is 9.87. The van der Waals surface area contributed by atoms with Crippen LogP contribution >= 0.6 is 34.7 Å². The normalized spacial score (nSPS) is 10.7. The predicted octanol–water partition coefficient (Wildman–Crippen LogP) is 4.95. The van der Waals surface area contributed by atoms with E-state index in [1.807, 2.05) is 35.7 Å². The molecular weight excluding hydrogens is 482 g/mol. The number of thioether (sulfide) groups is 1. The highest BCUT2D eigenvalue weighted by atomic mass is 35.5. The third-order valence-corrected chi connectivity index (χ3v) is 6.52. The Bertz CT molecular complexity index is 1260. The molecule has 4 aromatic rings. The fraction of sp³-hybridized carbons (Fsp3) is 0.136. The number of thiophene rings is 1. The third-order valence-electron chi connectivity index (χ3n) is 4.45. The number of benzene rings is 2. The van der Waals surface area contributed by atoms with Gasteiger partial charge in [-0.1, -0.05) is 53.7 Å². The number of nitrogens with zero attached hydrogens (tertiary/aromatic N) is 4. The van der Waals surface area contributed by atoms with Crippen molar-refractivity contribution in [2.24, 2.45) is 0 Å². The number of nitrogens with one attached hydrogen (secondary N) is 1. The highest BCUT2D eigenvalue weighted by Gasteiger charge is 2.23. The summed E-state index contributed by atoms with van der Waals surface area (Å²) in [7, 11) is 0. The number of ether oxygens (including phenoxy) is 1. The number of carbonyl (C=O) groups excluding carboxylic acids is 2. The number of rotatable bonds is 8. The number of aromatic nitrogens is 4. The van der Waals surface area contributed by atoms with Gasteiger partial charge in [0.1, 0.15) is 10.6 Å². The molecule has 8 nitrogen and oxygen atoms in total. The summed E-state index contributed by atoms with van der Waals surface area (Å²) < 4.78 is 6.76. The SMILES string of the molecule is CCOC(=O)c1c(-c2ccccc2)csc1NC(=O)CSc1nnnn1-c1ccc(Cl)cc1. The summed E-state index contributed by atoms with van der Waals surface area (Å²) in [5, 5.41) is 17.8. The number of esters is 1. The van der Waals surface area contributed by atoms with Crippen LogP contribution in [0.3, 0.4) is 0 Å². The Balaban J connectivity index is 1.49. The lowest BCUT2D eigenvalue weighted by molar-refractivity contribution is -0.113. The maximum atomic E-state index is 12.7. The number of tetrazole rings is 1. The number of halogens is 1. The van der Waals surface area contributed by atoms with E-state index in [-0.39, 0.29) is 18.3 Å². The molecule has 1 amide bonds. The van der Waals surface area contributed by atoms with E-state index in [2.05, 4.69) is 20.8 Å². The van der Waals surface area contributed by atoms with Crippen LogP contribution in [0.2, 0.25) is 5.02 Å². The largest absolute Gasteiger partial charge is 0.462 e. The second kappa shape index (κ2) is 10.6. The topological polar surface area (TPSA) is 99.0 Å². The first-order valence-corrected chi connectivity index (χ1v) is 12.1. The standard InChI is InChI=1S/C22H18ClN5O3S2/c1-2-31-21(30)19-17(14-6-4-3-5-7-14)12-32-20(19)24-18(29)13-33-22-25-26-27-28(22)16-10-8-15(23)9-11-16/h3-12H,2,13H2,1H3,(H,24,29). The van der Waals surface area contributed by atoms with Crippen molar-refractivity contribution in [2.75, 3.05) is 17.7 Å². The number of anilines is 1. The summed E-state index contributed by atoms with van der Waals surface area (Å²) in [6, 6.07) is 16.5. The van der Waals surface area contributed by atoms with Crippen molar-refractivity contribution in [3.63, 3.8) is 0 Å². The molecule has 0 saturated carbocycles. The molecule has 2 aromatic carbocycles. The van der Waals surface area contributed by atoms with E-state index in [1.54, 1.807) is 31.2 Å². The maximum absolute atomic E-state index is 12.7. The lowest BCUT2D eigenvalue weighted by Gasteiger charge is -2.09. The van der Waals surface area contributed by atoms with Crippen molar-refractivity contribution in [1.29, 1.82) is 0 Å². The molecule has 0 spiro atoms. The highest BCUT2D eigenvalue weighted by Crippen LogP contribution is 2.36. The Hall–Kier alpha value is -3.21. The molecule has 2 heterocycles. The minimum Gasteiger partial charge on any atom is -0.462 e. The molecule has 0 unspecified atom stereocenters. The molecule has 11 heteroatoms. The van der Waals surface area contributed by atoms with Crippen LogP contribution in [-0.2, 0) is 9.53 Å². The summed E-state index contributed by atoms with van der Waals surface area (Å²) in [5.41, 5.74) is 2.66. The van der Waals surface area contributed by atoms with Gasteiger partial charge in [0.05, 0.1) is 18.0 Å². The lowest BCUT2D eigenvalue weighted by Crippen LogP contribution is -2.16. The molecule has 0 saturated heterocycles. The molecule has 33 heavy (non-hydrogen) atoms. The van der Waals surface area contributed by atoms with Crippen LogP contribution in [0.1, 0.15) is 17.3 Å². The van der Waals surface area contributed by atoms with Gasteiger partial charge in [0.15, 0.2) is 0 Å². The van der Waals surface area contributed by atoms with Crippen LogP contribution < -0.4 is 5.32 Å². The molecule has 0 atom stereocenters. The van der Waals surface area contributed by atoms with Crippen molar-refractivity contribution in [2.45, 2.75) is 12.1 Å². The molecule has 0 aliphatic rings. The van der Waals surface area contributed by atoms with Gasteiger partial charge in [-0.3, -0.25) is 4.79 Å². The zero-order chi connectivity index (χ0) is 23.2. The molecule has 4 rings (SSSR count). The second-order valence-corrected chi connectivity index (χ2v) is 8.89. The number of amides is 1. The number of carbonyl (C=O) groups is 2. The van der Waals surface area contributed by atoms with E-state index in [9.17, 15) is 9.59 Å². The summed E-state index contributed by atoms with van der Waals surface area (Å²) in [6.45, 7) is 1.98. The van der Waals surface area contributed by atoms with Crippen LogP contribution in [0.15, 0.2) is 65.1 Å². The van der Waals surface area contributed by atoms with E-state index in [0.29, 0.717) is 26.3 Å². The first kappa shape index (κ1) is 23.0. The average molecular weight is 500 g/mol. The summed E-state index contributed by atoms with van der Waals surface area (Å²) in [6.07, 6.45) is 0. The van der Waals surface area contributed by atoms with Crippen molar-refractivity contribution in [3.05, 3.63) is 70.6 Å². The summed E-state index contributed by atoms with van der Waals surface area (Å²) >= 11 is 8.39. The van der Waals surface area contributed by atoms with Crippen molar-refractivity contribution in [3.8, 4) is 16.8 Å². The average Bonchev–Trinajstić information content (AvgIpc) is 3.46. The van der Waals surface area contributed by atoms with Gasteiger partial charge < -0.3 is 10.1 Å². The van der Waals surface area contributed by atoms with Gasteiger partial charge in [0, 0.05) is 16.0 Å². The summed E-state index contributed by atoms with van der Waals surface area (Å²) in [4.78, 5) is 25.4. The van der Waals surface area contributed by atoms with Crippen LogP contribution in [0.4, 0.5) is 5.00 Å². The maximum Gasteiger partial charge on any atom is 0.341 e. The van der Waals surface area contributed by atoms with Crippen molar-refractivity contribution >= 4 is 51.6 Å². The lowest BCUT2D eigenvalue weighted by atomic mass is 10.0. The number of hydrogen-bond acceptors (Lipinski definition) is 8. The van der Waals surface area contributed by atoms with Gasteiger partial charge in [-0.05, 0) is 47.2 Å². The fourth-order valence-electron chi connectivity index (χ4n) is 2.99. The highest BCUT2D eigenvalue weighted by molar-refractivity contribution is 7.99. The first-order chi connectivity index (χ1) is 16.1. The van der Waals surface area contributed by atoms with Crippen molar-refractivity contribution in [1.82, 2.24) is 20.2 Å². The minimum atomic E-state index is -0.479. The van der Waals surface area contributed by atoms with Gasteiger partial charge in [-0.2, -0.15) is 4.68 Å². The van der Waals surface area contributed by atoms with E-state index >= 15 is 0 Å². The molecule has 0 bridgehead atoms. The quantitative estimate of drug-likeness (QED) is 0.270. The van der Waals surface area contributed by atoms with Gasteiger partial charge >= 0.3 is 5.97 Å². The zero-order valence-corrected chi connectivity index (χ0v) is 19.8. The molecule has 0 aliphatic heterocycles. The molecule has 168 valence electrons. The Kier molecular flexibility index (Phi) is 7.38. The molecular formula is C22H18ClN5O3S2. The van der Waals surface area contributed by atoms with Crippen molar-refractivity contribution < 1.29 is 14.3 Å². The molecule has 0 fully saturated rings. The smallest absolute Gasteiger partial charge is 0.341 e. The van der Waals surface area contributed by atoms with Gasteiger partial charge in [0.2, 0.25) is 11.1 Å². The monoisotopic (exact) mass is 499 g/mol. The minimum absolute atomic E-state index is 0.0504. The van der Waals surface area contributed by atoms with Crippen LogP contribution in [-0.4, -0.2) is 44.4 Å². The van der Waals surface area contributed by atoms with Gasteiger partial charge in [-0.25, -0.2) is 4.79 Å². The van der Waals surface area contributed by atoms with E-state index < -0.39 is 5.97 Å². The Morgan fingerprint density at radius 1 is 1.15 bits per heavy atom. The predicted molar refractivity (Wildman–Crippen MR) is 129 cm³/mol. The van der Waals surface area contributed by atoms with E-state index in [4.69, 9.17) is 16.3 Å². The van der Waals surface area contributed by atoms with Crippen LogP contribution in [0, 0.1) is 0 Å². The molecule has 2 aromatic heterocycles. The third kappa shape index (κ3) is 5.41. The second-order valence-electron chi connectivity index (χ2n) is 6.63. The molecule has 0 aliphatic carbocycles. The molecule has 1 N–H and O–H groups in total. The van der Waals surface area contributed by atoms with Gasteiger partial charge in [-0.15, -0.1) is 16.4 Å². The van der Waals surface area contributed by atoms with E-state index in [0.717, 1.165) is 11.3 Å². The van der Waals surface area contributed by atoms with E-state index in [1.165, 1.54) is 27.8 Å². The number of hydrogen-bond donors (Lipinski definition) is 1. The Morgan fingerprint density at radius 3 is 2.64 bits per heavy atom. The summed E-state index contributed by atoms with van der Waals surface area (Å²) in [5.74, 6) is -0.723. The Labute approximate surface area is 202 Å². The van der Waals surface area contributed by atoms with Crippen LogP contribution in [0.5, 0.6) is 0 Å². The fourth-order valence-corrected chi connectivity index (χ4v) is 4.78. The molecule has 0 radical (unpaired) electrons. The zero-order valence-electron chi connectivity index (χ0n) is 17.4. The van der Waals surface area contributed by atoms with Gasteiger partial charge in [0.25, 0.3) is 0 Å². The Morgan fingerprint density at radius 2 is 1.91 bits per heavy atom.